The second-order valence-electron chi connectivity index (χ2n) is 5.32. The maximum atomic E-state index is 9.68. The van der Waals surface area contributed by atoms with Gasteiger partial charge in [-0.25, -0.2) is 0 Å². The third-order valence-corrected chi connectivity index (χ3v) is 3.26. The van der Waals surface area contributed by atoms with Crippen LogP contribution in [0.4, 0.5) is 0 Å². The number of hydrogen-bond donors (Lipinski definition) is 2. The molecule has 0 bridgehead atoms. The predicted octanol–water partition coefficient (Wildman–Crippen LogP) is 4.35. The van der Waals surface area contributed by atoms with E-state index in [2.05, 4.69) is 13.8 Å². The number of rotatable bonds is 4. The monoisotopic (exact) mass is 256 g/mol. The van der Waals surface area contributed by atoms with Gasteiger partial charge in [0.25, 0.3) is 0 Å². The Labute approximate surface area is 114 Å². The molecule has 0 aliphatic heterocycles. The first-order valence-electron chi connectivity index (χ1n) is 6.67. The molecule has 0 amide bonds. The lowest BCUT2D eigenvalue weighted by atomic mass is 9.94. The van der Waals surface area contributed by atoms with Gasteiger partial charge in [0.15, 0.2) is 0 Å². The Balaban J connectivity index is 2.36. The molecular formula is C17H20O2. The van der Waals surface area contributed by atoms with Crippen LogP contribution in [-0.4, -0.2) is 10.2 Å². The van der Waals surface area contributed by atoms with Crippen molar-refractivity contribution in [3.63, 3.8) is 0 Å². The Morgan fingerprint density at radius 3 is 2.16 bits per heavy atom. The van der Waals surface area contributed by atoms with Crippen molar-refractivity contribution in [3.05, 3.63) is 48.0 Å². The fourth-order valence-electron chi connectivity index (χ4n) is 2.14. The second-order valence-corrected chi connectivity index (χ2v) is 5.32. The second kappa shape index (κ2) is 5.79. The van der Waals surface area contributed by atoms with Crippen molar-refractivity contribution in [2.75, 3.05) is 0 Å². The van der Waals surface area contributed by atoms with Crippen LogP contribution in [-0.2, 0) is 6.42 Å². The lowest BCUT2D eigenvalue weighted by Gasteiger charge is -2.12. The molecule has 0 radical (unpaired) electrons. The number of hydrogen-bond acceptors (Lipinski definition) is 2. The molecule has 2 heteroatoms. The van der Waals surface area contributed by atoms with Crippen LogP contribution >= 0.6 is 0 Å². The molecule has 0 atom stereocenters. The zero-order chi connectivity index (χ0) is 13.8. The van der Waals surface area contributed by atoms with E-state index >= 15 is 0 Å². The molecule has 0 spiro atoms. The van der Waals surface area contributed by atoms with E-state index in [-0.39, 0.29) is 11.5 Å². The Bertz CT molecular complexity index is 542. The van der Waals surface area contributed by atoms with Crippen LogP contribution in [0.5, 0.6) is 11.5 Å². The van der Waals surface area contributed by atoms with Crippen LogP contribution in [0.1, 0.15) is 25.8 Å². The molecular weight excluding hydrogens is 236 g/mol. The molecule has 2 nitrogen and oxygen atoms in total. The van der Waals surface area contributed by atoms with Crippen molar-refractivity contribution in [1.82, 2.24) is 0 Å². The first-order chi connectivity index (χ1) is 9.06. The van der Waals surface area contributed by atoms with Crippen molar-refractivity contribution < 1.29 is 10.2 Å². The summed E-state index contributed by atoms with van der Waals surface area (Å²) in [5.41, 5.74) is 3.30. The van der Waals surface area contributed by atoms with E-state index < -0.39 is 0 Å². The van der Waals surface area contributed by atoms with Crippen molar-refractivity contribution in [2.45, 2.75) is 26.7 Å². The van der Waals surface area contributed by atoms with Gasteiger partial charge in [-0.1, -0.05) is 32.0 Å². The Kier molecular flexibility index (Phi) is 4.10. The van der Waals surface area contributed by atoms with Crippen molar-refractivity contribution in [3.8, 4) is 22.6 Å². The smallest absolute Gasteiger partial charge is 0.116 e. The number of benzene rings is 2. The molecule has 0 saturated heterocycles. The van der Waals surface area contributed by atoms with E-state index in [0.717, 1.165) is 24.0 Å². The van der Waals surface area contributed by atoms with Gasteiger partial charge >= 0.3 is 0 Å². The molecule has 2 aromatic rings. The van der Waals surface area contributed by atoms with Crippen molar-refractivity contribution >= 4 is 0 Å². The summed E-state index contributed by atoms with van der Waals surface area (Å²) in [5.74, 6) is 1.19. The number of aryl methyl sites for hydroxylation is 1. The molecule has 0 heterocycles. The van der Waals surface area contributed by atoms with Gasteiger partial charge < -0.3 is 10.2 Å². The summed E-state index contributed by atoms with van der Waals surface area (Å²) >= 11 is 0. The zero-order valence-corrected chi connectivity index (χ0v) is 11.4. The third-order valence-electron chi connectivity index (χ3n) is 3.26. The average Bonchev–Trinajstić information content (AvgIpc) is 2.38. The average molecular weight is 256 g/mol. The topological polar surface area (TPSA) is 40.5 Å². The maximum Gasteiger partial charge on any atom is 0.116 e. The highest BCUT2D eigenvalue weighted by molar-refractivity contribution is 5.69. The molecule has 19 heavy (non-hydrogen) atoms. The molecule has 2 rings (SSSR count). The van der Waals surface area contributed by atoms with Crippen LogP contribution in [0, 0.1) is 5.92 Å². The highest BCUT2D eigenvalue weighted by Gasteiger charge is 2.07. The van der Waals surface area contributed by atoms with E-state index in [1.165, 1.54) is 5.56 Å². The Morgan fingerprint density at radius 2 is 1.53 bits per heavy atom. The molecule has 0 unspecified atom stereocenters. The maximum absolute atomic E-state index is 9.68. The third kappa shape index (κ3) is 3.50. The van der Waals surface area contributed by atoms with Gasteiger partial charge in [0.05, 0.1) is 0 Å². The molecule has 0 aliphatic rings. The van der Waals surface area contributed by atoms with Gasteiger partial charge in [-0.3, -0.25) is 0 Å². The summed E-state index contributed by atoms with van der Waals surface area (Å²) in [6.07, 6.45) is 2.12. The van der Waals surface area contributed by atoms with Crippen LogP contribution in [0.2, 0.25) is 0 Å². The quantitative estimate of drug-likeness (QED) is 0.853. The first-order valence-corrected chi connectivity index (χ1v) is 6.67. The van der Waals surface area contributed by atoms with E-state index in [9.17, 15) is 10.2 Å². The standard InChI is InChI=1S/C17H20O2/c1-12(2)3-4-13-7-10-16(19)11-17(13)14-5-8-15(18)9-6-14/h5-12,18-19H,3-4H2,1-2H3. The molecule has 2 N–H and O–H groups in total. The molecule has 0 fully saturated rings. The summed E-state index contributed by atoms with van der Waals surface area (Å²) in [7, 11) is 0. The van der Waals surface area contributed by atoms with Crippen molar-refractivity contribution in [2.24, 2.45) is 5.92 Å². The van der Waals surface area contributed by atoms with Crippen LogP contribution in [0.3, 0.4) is 0 Å². The minimum atomic E-state index is 0.257. The van der Waals surface area contributed by atoms with Crippen molar-refractivity contribution in [1.29, 1.82) is 0 Å². The van der Waals surface area contributed by atoms with E-state index in [1.807, 2.05) is 18.2 Å². The normalized spacial score (nSPS) is 10.9. The number of aromatic hydroxyl groups is 2. The van der Waals surface area contributed by atoms with Gasteiger partial charge in [-0.05, 0) is 59.7 Å². The van der Waals surface area contributed by atoms with Gasteiger partial charge in [0.1, 0.15) is 11.5 Å². The van der Waals surface area contributed by atoms with E-state index in [4.69, 9.17) is 0 Å². The fourth-order valence-corrected chi connectivity index (χ4v) is 2.14. The van der Waals surface area contributed by atoms with E-state index in [0.29, 0.717) is 5.92 Å². The van der Waals surface area contributed by atoms with Gasteiger partial charge in [-0.2, -0.15) is 0 Å². The SMILES string of the molecule is CC(C)CCc1ccc(O)cc1-c1ccc(O)cc1. The lowest BCUT2D eigenvalue weighted by molar-refractivity contribution is 0.475. The summed E-state index contributed by atoms with van der Waals surface area (Å²) in [6, 6.07) is 12.6. The largest absolute Gasteiger partial charge is 0.508 e. The van der Waals surface area contributed by atoms with Gasteiger partial charge in [0, 0.05) is 0 Å². The Hall–Kier alpha value is -1.96. The molecule has 0 saturated carbocycles. The summed E-state index contributed by atoms with van der Waals surface area (Å²) in [6.45, 7) is 4.42. The highest BCUT2D eigenvalue weighted by Crippen LogP contribution is 2.30. The first kappa shape index (κ1) is 13.5. The summed E-state index contributed by atoms with van der Waals surface area (Å²) in [5, 5.41) is 19.0. The molecule has 0 aliphatic carbocycles. The minimum absolute atomic E-state index is 0.257. The number of phenols is 2. The number of phenolic OH excluding ortho intramolecular Hbond substituents is 2. The summed E-state index contributed by atoms with van der Waals surface area (Å²) < 4.78 is 0. The molecule has 0 aromatic heterocycles. The predicted molar refractivity (Wildman–Crippen MR) is 78.4 cm³/mol. The van der Waals surface area contributed by atoms with Gasteiger partial charge in [0.2, 0.25) is 0 Å². The fraction of sp³-hybridized carbons (Fsp3) is 0.294. The zero-order valence-electron chi connectivity index (χ0n) is 11.4. The lowest BCUT2D eigenvalue weighted by Crippen LogP contribution is -1.95. The van der Waals surface area contributed by atoms with Crippen LogP contribution < -0.4 is 0 Å². The summed E-state index contributed by atoms with van der Waals surface area (Å²) in [4.78, 5) is 0. The van der Waals surface area contributed by atoms with E-state index in [1.54, 1.807) is 24.3 Å². The van der Waals surface area contributed by atoms with Crippen LogP contribution in [0.25, 0.3) is 11.1 Å². The minimum Gasteiger partial charge on any atom is -0.508 e. The Morgan fingerprint density at radius 1 is 0.895 bits per heavy atom. The molecule has 100 valence electrons. The highest BCUT2D eigenvalue weighted by atomic mass is 16.3. The van der Waals surface area contributed by atoms with Crippen LogP contribution in [0.15, 0.2) is 42.5 Å². The van der Waals surface area contributed by atoms with Gasteiger partial charge in [-0.15, -0.1) is 0 Å². The molecule has 2 aromatic carbocycles.